The molecular formula is C20H29N3O3. The van der Waals surface area contributed by atoms with Gasteiger partial charge in [-0.15, -0.1) is 0 Å². The summed E-state index contributed by atoms with van der Waals surface area (Å²) in [5.41, 5.74) is 1.01. The van der Waals surface area contributed by atoms with Crippen molar-refractivity contribution in [3.63, 3.8) is 0 Å². The Morgan fingerprint density at radius 2 is 2.12 bits per heavy atom. The van der Waals surface area contributed by atoms with E-state index in [0.29, 0.717) is 25.6 Å². The minimum absolute atomic E-state index is 0.0749. The molecule has 26 heavy (non-hydrogen) atoms. The van der Waals surface area contributed by atoms with Gasteiger partial charge in [0.25, 0.3) is 0 Å². The SMILES string of the molecule is C[C@H](CN1CCCC1=O)NC(=O)NCc1cccc(OC2CCCC2)c1. The van der Waals surface area contributed by atoms with Crippen LogP contribution in [0.2, 0.25) is 0 Å². The minimum Gasteiger partial charge on any atom is -0.490 e. The number of hydrogen-bond donors (Lipinski definition) is 2. The van der Waals surface area contributed by atoms with Gasteiger partial charge in [-0.1, -0.05) is 12.1 Å². The van der Waals surface area contributed by atoms with Crippen molar-refractivity contribution >= 4 is 11.9 Å². The van der Waals surface area contributed by atoms with Crippen LogP contribution in [0.15, 0.2) is 24.3 Å². The standard InChI is InChI=1S/C20H29N3O3/c1-15(14-23-11-5-10-19(23)24)22-20(25)21-13-16-6-4-9-18(12-16)26-17-7-2-3-8-17/h4,6,9,12,15,17H,2-3,5,7-8,10-11,13-14H2,1H3,(H2,21,22,25)/t15-/m1/s1. The quantitative estimate of drug-likeness (QED) is 0.786. The van der Waals surface area contributed by atoms with E-state index < -0.39 is 0 Å². The molecule has 142 valence electrons. The van der Waals surface area contributed by atoms with Gasteiger partial charge in [0.2, 0.25) is 5.91 Å². The van der Waals surface area contributed by atoms with Gasteiger partial charge < -0.3 is 20.3 Å². The van der Waals surface area contributed by atoms with E-state index in [9.17, 15) is 9.59 Å². The normalized spacial score (nSPS) is 18.8. The molecule has 3 rings (SSSR count). The zero-order chi connectivity index (χ0) is 18.4. The molecule has 2 aliphatic rings. The number of carbonyl (C=O) groups is 2. The van der Waals surface area contributed by atoms with E-state index in [1.807, 2.05) is 36.1 Å². The highest BCUT2D eigenvalue weighted by Crippen LogP contribution is 2.24. The van der Waals surface area contributed by atoms with Crippen LogP contribution in [-0.2, 0) is 11.3 Å². The summed E-state index contributed by atoms with van der Waals surface area (Å²) in [5.74, 6) is 1.05. The van der Waals surface area contributed by atoms with Gasteiger partial charge in [-0.2, -0.15) is 0 Å². The zero-order valence-electron chi connectivity index (χ0n) is 15.5. The van der Waals surface area contributed by atoms with Crippen LogP contribution < -0.4 is 15.4 Å². The first kappa shape index (κ1) is 18.5. The number of ether oxygens (including phenoxy) is 1. The molecule has 6 heteroatoms. The van der Waals surface area contributed by atoms with Gasteiger partial charge in [0.1, 0.15) is 5.75 Å². The lowest BCUT2D eigenvalue weighted by atomic mass is 10.2. The van der Waals surface area contributed by atoms with Crippen LogP contribution in [0.4, 0.5) is 4.79 Å². The number of rotatable bonds is 7. The van der Waals surface area contributed by atoms with E-state index in [1.54, 1.807) is 0 Å². The number of nitrogens with one attached hydrogen (secondary N) is 2. The zero-order valence-corrected chi connectivity index (χ0v) is 15.5. The second kappa shape index (κ2) is 8.92. The van der Waals surface area contributed by atoms with Crippen molar-refractivity contribution < 1.29 is 14.3 Å². The largest absolute Gasteiger partial charge is 0.490 e. The first-order chi connectivity index (χ1) is 12.6. The van der Waals surface area contributed by atoms with Gasteiger partial charge in [0, 0.05) is 32.1 Å². The molecule has 1 aliphatic heterocycles. The smallest absolute Gasteiger partial charge is 0.315 e. The summed E-state index contributed by atoms with van der Waals surface area (Å²) < 4.78 is 6.01. The Balaban J connectivity index is 1.41. The van der Waals surface area contributed by atoms with E-state index in [-0.39, 0.29) is 18.0 Å². The van der Waals surface area contributed by atoms with Crippen LogP contribution in [0, 0.1) is 0 Å². The molecule has 1 saturated heterocycles. The third kappa shape index (κ3) is 5.38. The number of urea groups is 1. The molecule has 1 atom stereocenters. The Labute approximate surface area is 155 Å². The molecule has 2 fully saturated rings. The van der Waals surface area contributed by atoms with E-state index in [0.717, 1.165) is 37.1 Å². The summed E-state index contributed by atoms with van der Waals surface area (Å²) in [6.07, 6.45) is 6.61. The predicted molar refractivity (Wildman–Crippen MR) is 100.0 cm³/mol. The van der Waals surface area contributed by atoms with Crippen molar-refractivity contribution in [2.24, 2.45) is 0 Å². The van der Waals surface area contributed by atoms with Crippen LogP contribution in [0.3, 0.4) is 0 Å². The molecule has 1 aromatic rings. The fourth-order valence-electron chi connectivity index (χ4n) is 3.66. The summed E-state index contributed by atoms with van der Waals surface area (Å²) in [6, 6.07) is 7.61. The fraction of sp³-hybridized carbons (Fsp3) is 0.600. The molecule has 1 aromatic carbocycles. The van der Waals surface area contributed by atoms with Crippen molar-refractivity contribution in [3.8, 4) is 5.75 Å². The Bertz CT molecular complexity index is 628. The molecule has 0 spiro atoms. The monoisotopic (exact) mass is 359 g/mol. The average Bonchev–Trinajstić information content (AvgIpc) is 3.26. The van der Waals surface area contributed by atoms with Gasteiger partial charge >= 0.3 is 6.03 Å². The van der Waals surface area contributed by atoms with E-state index >= 15 is 0 Å². The number of nitrogens with zero attached hydrogens (tertiary/aromatic N) is 1. The lowest BCUT2D eigenvalue weighted by Gasteiger charge is -2.21. The lowest BCUT2D eigenvalue weighted by molar-refractivity contribution is -0.127. The summed E-state index contributed by atoms with van der Waals surface area (Å²) in [5, 5.41) is 5.77. The summed E-state index contributed by atoms with van der Waals surface area (Å²) in [4.78, 5) is 25.6. The number of amides is 3. The summed E-state index contributed by atoms with van der Waals surface area (Å²) in [7, 11) is 0. The van der Waals surface area contributed by atoms with Gasteiger partial charge in [0.05, 0.1) is 6.10 Å². The fourth-order valence-corrected chi connectivity index (χ4v) is 3.66. The Kier molecular flexibility index (Phi) is 6.36. The van der Waals surface area contributed by atoms with Gasteiger partial charge in [-0.3, -0.25) is 4.79 Å². The highest BCUT2D eigenvalue weighted by Gasteiger charge is 2.22. The maximum atomic E-state index is 12.1. The van der Waals surface area contributed by atoms with Crippen molar-refractivity contribution in [2.45, 2.75) is 64.1 Å². The Morgan fingerprint density at radius 1 is 1.31 bits per heavy atom. The number of benzene rings is 1. The van der Waals surface area contributed by atoms with E-state index in [4.69, 9.17) is 4.74 Å². The third-order valence-corrected chi connectivity index (χ3v) is 5.00. The van der Waals surface area contributed by atoms with Gasteiger partial charge in [-0.05, 0) is 56.7 Å². The van der Waals surface area contributed by atoms with Crippen LogP contribution >= 0.6 is 0 Å². The lowest BCUT2D eigenvalue weighted by Crippen LogP contribution is -2.46. The van der Waals surface area contributed by atoms with Crippen molar-refractivity contribution in [3.05, 3.63) is 29.8 Å². The van der Waals surface area contributed by atoms with Crippen LogP contribution in [0.1, 0.15) is 51.0 Å². The van der Waals surface area contributed by atoms with E-state index in [2.05, 4.69) is 10.6 Å². The Hall–Kier alpha value is -2.24. The molecule has 6 nitrogen and oxygen atoms in total. The van der Waals surface area contributed by atoms with Crippen molar-refractivity contribution in [2.75, 3.05) is 13.1 Å². The highest BCUT2D eigenvalue weighted by molar-refractivity contribution is 5.78. The van der Waals surface area contributed by atoms with Crippen molar-refractivity contribution in [1.29, 1.82) is 0 Å². The van der Waals surface area contributed by atoms with Crippen LogP contribution in [0.5, 0.6) is 5.75 Å². The topological polar surface area (TPSA) is 70.7 Å². The van der Waals surface area contributed by atoms with Gasteiger partial charge in [-0.25, -0.2) is 4.79 Å². The van der Waals surface area contributed by atoms with Crippen LogP contribution in [0.25, 0.3) is 0 Å². The first-order valence-corrected chi connectivity index (χ1v) is 9.68. The third-order valence-electron chi connectivity index (χ3n) is 5.00. The number of hydrogen-bond acceptors (Lipinski definition) is 3. The maximum absolute atomic E-state index is 12.1. The molecule has 0 bridgehead atoms. The molecule has 0 aromatic heterocycles. The van der Waals surface area contributed by atoms with E-state index in [1.165, 1.54) is 12.8 Å². The number of likely N-dealkylation sites (tertiary alicyclic amines) is 1. The minimum atomic E-state index is -0.216. The Morgan fingerprint density at radius 3 is 2.85 bits per heavy atom. The maximum Gasteiger partial charge on any atom is 0.315 e. The number of carbonyl (C=O) groups excluding carboxylic acids is 2. The molecule has 0 unspecified atom stereocenters. The van der Waals surface area contributed by atoms with Gasteiger partial charge in [0.15, 0.2) is 0 Å². The molecule has 1 saturated carbocycles. The molecular weight excluding hydrogens is 330 g/mol. The first-order valence-electron chi connectivity index (χ1n) is 9.68. The molecule has 1 heterocycles. The highest BCUT2D eigenvalue weighted by atomic mass is 16.5. The molecule has 1 aliphatic carbocycles. The summed E-state index contributed by atoms with van der Waals surface area (Å²) >= 11 is 0. The predicted octanol–water partition coefficient (Wildman–Crippen LogP) is 2.82. The molecule has 3 amide bonds. The second-order valence-electron chi connectivity index (χ2n) is 7.34. The molecule has 2 N–H and O–H groups in total. The average molecular weight is 359 g/mol. The van der Waals surface area contributed by atoms with Crippen molar-refractivity contribution in [1.82, 2.24) is 15.5 Å². The van der Waals surface area contributed by atoms with Crippen LogP contribution in [-0.4, -0.2) is 42.1 Å². The second-order valence-corrected chi connectivity index (χ2v) is 7.34. The molecule has 0 radical (unpaired) electrons. The summed E-state index contributed by atoms with van der Waals surface area (Å²) in [6.45, 7) is 3.72.